The van der Waals surface area contributed by atoms with Gasteiger partial charge in [0.05, 0.1) is 11.9 Å². The van der Waals surface area contributed by atoms with Gasteiger partial charge in [-0.1, -0.05) is 11.6 Å². The van der Waals surface area contributed by atoms with E-state index in [1.807, 2.05) is 0 Å². The van der Waals surface area contributed by atoms with Crippen LogP contribution >= 0.6 is 11.6 Å². The number of aromatic nitrogens is 4. The first-order valence-electron chi connectivity index (χ1n) is 5.11. The summed E-state index contributed by atoms with van der Waals surface area (Å²) in [6.07, 6.45) is 1.40. The molecule has 3 aromatic rings. The van der Waals surface area contributed by atoms with Gasteiger partial charge in [0.25, 0.3) is 5.56 Å². The number of benzene rings is 1. The van der Waals surface area contributed by atoms with Crippen molar-refractivity contribution >= 4 is 22.6 Å². The lowest BCUT2D eigenvalue weighted by atomic mass is 10.3. The van der Waals surface area contributed by atoms with Crippen LogP contribution in [0.2, 0.25) is 5.02 Å². The zero-order chi connectivity index (χ0) is 12.7. The molecule has 6 nitrogen and oxygen atoms in total. The highest BCUT2D eigenvalue weighted by Crippen LogP contribution is 2.15. The molecule has 2 aromatic heterocycles. The van der Waals surface area contributed by atoms with Crippen LogP contribution in [-0.2, 0) is 0 Å². The minimum absolute atomic E-state index is 0.324. The van der Waals surface area contributed by atoms with Gasteiger partial charge in [-0.2, -0.15) is 5.10 Å². The Hall–Kier alpha value is -2.34. The Kier molecular flexibility index (Phi) is 2.31. The predicted molar refractivity (Wildman–Crippen MR) is 67.3 cm³/mol. The second-order valence-corrected chi connectivity index (χ2v) is 4.14. The first-order chi connectivity index (χ1) is 8.65. The quantitative estimate of drug-likeness (QED) is 0.688. The highest BCUT2D eigenvalue weighted by molar-refractivity contribution is 6.30. The smallest absolute Gasteiger partial charge is 0.291 e. The summed E-state index contributed by atoms with van der Waals surface area (Å²) in [6, 6.07) is 6.90. The summed E-state index contributed by atoms with van der Waals surface area (Å²) in [5, 5.41) is 5.00. The first kappa shape index (κ1) is 10.8. The van der Waals surface area contributed by atoms with E-state index in [2.05, 4.69) is 15.1 Å². The minimum Gasteiger partial charge on any atom is -0.291 e. The average molecular weight is 263 g/mol. The standard InChI is InChI=1S/C11H7ClN4O2/c12-6-1-3-7(4-2-6)16-9-8(5-13-16)10(17)15-11(18)14-9/h1-5H,(H2,14,15,17,18). The maximum absolute atomic E-state index is 11.5. The van der Waals surface area contributed by atoms with Crippen molar-refractivity contribution in [1.82, 2.24) is 19.7 Å². The molecule has 90 valence electrons. The Morgan fingerprint density at radius 1 is 1.11 bits per heavy atom. The van der Waals surface area contributed by atoms with E-state index in [1.165, 1.54) is 10.9 Å². The third-order valence-electron chi connectivity index (χ3n) is 2.54. The number of nitrogens with zero attached hydrogens (tertiary/aromatic N) is 2. The van der Waals surface area contributed by atoms with E-state index in [1.54, 1.807) is 24.3 Å². The Balaban J connectivity index is 2.33. The molecule has 2 N–H and O–H groups in total. The summed E-state index contributed by atoms with van der Waals surface area (Å²) in [5.74, 6) is 0. The van der Waals surface area contributed by atoms with Crippen molar-refractivity contribution < 1.29 is 0 Å². The molecule has 0 aliphatic heterocycles. The van der Waals surface area contributed by atoms with Crippen LogP contribution in [0.3, 0.4) is 0 Å². The van der Waals surface area contributed by atoms with Crippen LogP contribution < -0.4 is 11.2 Å². The monoisotopic (exact) mass is 262 g/mol. The second kappa shape index (κ2) is 3.85. The van der Waals surface area contributed by atoms with Crippen molar-refractivity contribution in [3.05, 3.63) is 56.3 Å². The van der Waals surface area contributed by atoms with E-state index in [0.29, 0.717) is 21.7 Å². The van der Waals surface area contributed by atoms with Gasteiger partial charge >= 0.3 is 5.69 Å². The highest BCUT2D eigenvalue weighted by Gasteiger charge is 2.08. The van der Waals surface area contributed by atoms with Gasteiger partial charge in [0.1, 0.15) is 5.39 Å². The molecule has 3 rings (SSSR count). The average Bonchev–Trinajstić information content (AvgIpc) is 2.74. The summed E-state index contributed by atoms with van der Waals surface area (Å²) in [7, 11) is 0. The largest absolute Gasteiger partial charge is 0.327 e. The molecule has 0 saturated carbocycles. The van der Waals surface area contributed by atoms with Crippen LogP contribution in [0.5, 0.6) is 0 Å². The molecular formula is C11H7ClN4O2. The second-order valence-electron chi connectivity index (χ2n) is 3.70. The number of hydrogen-bond acceptors (Lipinski definition) is 3. The Morgan fingerprint density at radius 2 is 1.83 bits per heavy atom. The highest BCUT2D eigenvalue weighted by atomic mass is 35.5. The third-order valence-corrected chi connectivity index (χ3v) is 2.80. The lowest BCUT2D eigenvalue weighted by Gasteiger charge is -2.02. The molecule has 0 atom stereocenters. The summed E-state index contributed by atoms with van der Waals surface area (Å²) < 4.78 is 1.47. The van der Waals surface area contributed by atoms with E-state index in [4.69, 9.17) is 11.6 Å². The molecule has 2 heterocycles. The van der Waals surface area contributed by atoms with Crippen molar-refractivity contribution in [3.8, 4) is 5.69 Å². The van der Waals surface area contributed by atoms with Crippen LogP contribution in [-0.4, -0.2) is 19.7 Å². The Labute approximate surface area is 105 Å². The topological polar surface area (TPSA) is 83.5 Å². The normalized spacial score (nSPS) is 10.9. The van der Waals surface area contributed by atoms with E-state index >= 15 is 0 Å². The molecule has 0 aliphatic carbocycles. The number of rotatable bonds is 1. The number of nitrogens with one attached hydrogen (secondary N) is 2. The predicted octanol–water partition coefficient (Wildman–Crippen LogP) is 1.06. The van der Waals surface area contributed by atoms with Gasteiger partial charge in [-0.05, 0) is 24.3 Å². The van der Waals surface area contributed by atoms with Crippen molar-refractivity contribution in [1.29, 1.82) is 0 Å². The van der Waals surface area contributed by atoms with Crippen LogP contribution in [0.4, 0.5) is 0 Å². The molecule has 18 heavy (non-hydrogen) atoms. The number of H-pyrrole nitrogens is 2. The van der Waals surface area contributed by atoms with E-state index in [9.17, 15) is 9.59 Å². The number of hydrogen-bond donors (Lipinski definition) is 2. The minimum atomic E-state index is -0.566. The maximum Gasteiger partial charge on any atom is 0.327 e. The van der Waals surface area contributed by atoms with Crippen LogP contribution in [0.1, 0.15) is 0 Å². The molecule has 0 fully saturated rings. The zero-order valence-electron chi connectivity index (χ0n) is 8.98. The fourth-order valence-electron chi connectivity index (χ4n) is 1.72. The molecule has 0 bridgehead atoms. The lowest BCUT2D eigenvalue weighted by Crippen LogP contribution is -2.22. The summed E-state index contributed by atoms with van der Waals surface area (Å²) in [6.45, 7) is 0. The molecule has 1 aromatic carbocycles. The van der Waals surface area contributed by atoms with Crippen molar-refractivity contribution in [2.75, 3.05) is 0 Å². The van der Waals surface area contributed by atoms with Gasteiger partial charge in [0.2, 0.25) is 0 Å². The molecular weight excluding hydrogens is 256 g/mol. The van der Waals surface area contributed by atoms with Crippen LogP contribution in [0.25, 0.3) is 16.7 Å². The first-order valence-corrected chi connectivity index (χ1v) is 5.49. The Morgan fingerprint density at radius 3 is 2.56 bits per heavy atom. The molecule has 0 saturated heterocycles. The molecule has 0 radical (unpaired) electrons. The SMILES string of the molecule is O=c1[nH]c(=O)c2cnn(-c3ccc(Cl)cc3)c2[nH]1. The number of halogens is 1. The third kappa shape index (κ3) is 1.63. The van der Waals surface area contributed by atoms with Gasteiger partial charge in [-0.3, -0.25) is 14.8 Å². The maximum atomic E-state index is 11.5. The van der Waals surface area contributed by atoms with Gasteiger partial charge < -0.3 is 0 Å². The molecule has 0 amide bonds. The van der Waals surface area contributed by atoms with Crippen molar-refractivity contribution in [3.63, 3.8) is 0 Å². The summed E-state index contributed by atoms with van der Waals surface area (Å²) in [4.78, 5) is 27.5. The van der Waals surface area contributed by atoms with Gasteiger partial charge in [0.15, 0.2) is 5.65 Å². The zero-order valence-corrected chi connectivity index (χ0v) is 9.73. The van der Waals surface area contributed by atoms with E-state index in [0.717, 1.165) is 0 Å². The number of fused-ring (bicyclic) bond motifs is 1. The van der Waals surface area contributed by atoms with Gasteiger partial charge in [0, 0.05) is 5.02 Å². The molecule has 0 spiro atoms. The van der Waals surface area contributed by atoms with E-state index in [-0.39, 0.29) is 0 Å². The number of aromatic amines is 2. The summed E-state index contributed by atoms with van der Waals surface area (Å²) >= 11 is 5.80. The fraction of sp³-hybridized carbons (Fsp3) is 0. The molecule has 7 heteroatoms. The van der Waals surface area contributed by atoms with Crippen LogP contribution in [0.15, 0.2) is 40.1 Å². The van der Waals surface area contributed by atoms with Crippen molar-refractivity contribution in [2.24, 2.45) is 0 Å². The van der Waals surface area contributed by atoms with Crippen molar-refractivity contribution in [2.45, 2.75) is 0 Å². The Bertz CT molecular complexity index is 829. The van der Waals surface area contributed by atoms with Gasteiger partial charge in [-0.15, -0.1) is 0 Å². The van der Waals surface area contributed by atoms with Gasteiger partial charge in [-0.25, -0.2) is 9.48 Å². The summed E-state index contributed by atoms with van der Waals surface area (Å²) in [5.41, 5.74) is 0.0268. The fourth-order valence-corrected chi connectivity index (χ4v) is 1.85. The molecule has 0 aliphatic rings. The molecule has 0 unspecified atom stereocenters. The van der Waals surface area contributed by atoms with E-state index < -0.39 is 11.2 Å². The lowest BCUT2D eigenvalue weighted by molar-refractivity contribution is 0.889. The van der Waals surface area contributed by atoms with Crippen LogP contribution in [0, 0.1) is 0 Å².